The molecule has 0 aliphatic rings. The minimum atomic E-state index is -0.832. The van der Waals surface area contributed by atoms with E-state index in [1.165, 1.54) is 12.1 Å². The van der Waals surface area contributed by atoms with Crippen LogP contribution in [-0.2, 0) is 22.7 Å². The highest BCUT2D eigenvalue weighted by Gasteiger charge is 2.32. The van der Waals surface area contributed by atoms with Crippen molar-refractivity contribution in [3.05, 3.63) is 95.7 Å². The summed E-state index contributed by atoms with van der Waals surface area (Å²) in [6, 6.07) is 17.8. The Balaban J connectivity index is 1.93. The van der Waals surface area contributed by atoms with Gasteiger partial charge in [0, 0.05) is 12.5 Å². The third kappa shape index (κ3) is 5.35. The van der Waals surface area contributed by atoms with Crippen molar-refractivity contribution >= 4 is 11.8 Å². The van der Waals surface area contributed by atoms with Crippen LogP contribution >= 0.6 is 0 Å². The van der Waals surface area contributed by atoms with Crippen LogP contribution in [0.3, 0.4) is 0 Å². The van der Waals surface area contributed by atoms with Gasteiger partial charge in [0.2, 0.25) is 11.8 Å². The molecule has 0 saturated heterocycles. The Hall–Kier alpha value is -3.41. The molecule has 0 unspecified atom stereocenters. The fourth-order valence-electron chi connectivity index (χ4n) is 3.21. The molecule has 0 spiro atoms. The molecule has 0 fully saturated rings. The van der Waals surface area contributed by atoms with Gasteiger partial charge in [-0.2, -0.15) is 0 Å². The summed E-state index contributed by atoms with van der Waals surface area (Å²) < 4.78 is 18.6. The third-order valence-corrected chi connectivity index (χ3v) is 4.74. The standard InChI is InChI=1S/C24H25FN2O3/c1-17(2)24(29)27(16-18-10-12-20(25)13-11-18)22(19-7-4-3-5-8-19)23(28)26-15-21-9-6-14-30-21/h3-14,17,22H,15-16H2,1-2H3,(H,26,28)/t22-/m1/s1. The summed E-state index contributed by atoms with van der Waals surface area (Å²) in [5, 5.41) is 2.87. The lowest BCUT2D eigenvalue weighted by Crippen LogP contribution is -2.44. The number of benzene rings is 2. The number of hydrogen-bond donors (Lipinski definition) is 1. The van der Waals surface area contributed by atoms with Crippen molar-refractivity contribution in [3.8, 4) is 0 Å². The van der Waals surface area contributed by atoms with E-state index in [1.54, 1.807) is 49.3 Å². The lowest BCUT2D eigenvalue weighted by Gasteiger charge is -2.32. The number of furan rings is 1. The zero-order valence-corrected chi connectivity index (χ0v) is 17.0. The molecular formula is C24H25FN2O3. The third-order valence-electron chi connectivity index (χ3n) is 4.74. The number of nitrogens with one attached hydrogen (secondary N) is 1. The molecule has 6 heteroatoms. The molecule has 5 nitrogen and oxygen atoms in total. The fourth-order valence-corrected chi connectivity index (χ4v) is 3.21. The summed E-state index contributed by atoms with van der Waals surface area (Å²) >= 11 is 0. The van der Waals surface area contributed by atoms with Gasteiger partial charge in [-0.25, -0.2) is 4.39 Å². The summed E-state index contributed by atoms with van der Waals surface area (Å²) in [6.07, 6.45) is 1.54. The van der Waals surface area contributed by atoms with Crippen LogP contribution in [0, 0.1) is 11.7 Å². The molecule has 1 atom stereocenters. The van der Waals surface area contributed by atoms with Gasteiger partial charge in [0.1, 0.15) is 17.6 Å². The van der Waals surface area contributed by atoms with Crippen LogP contribution in [0.15, 0.2) is 77.4 Å². The van der Waals surface area contributed by atoms with Crippen LogP contribution in [0.4, 0.5) is 4.39 Å². The quantitative estimate of drug-likeness (QED) is 0.599. The normalized spacial score (nSPS) is 11.9. The smallest absolute Gasteiger partial charge is 0.247 e. The van der Waals surface area contributed by atoms with E-state index in [9.17, 15) is 14.0 Å². The van der Waals surface area contributed by atoms with Gasteiger partial charge in [-0.3, -0.25) is 9.59 Å². The molecular weight excluding hydrogens is 383 g/mol. The number of nitrogens with zero attached hydrogens (tertiary/aromatic N) is 1. The molecule has 0 radical (unpaired) electrons. The van der Waals surface area contributed by atoms with Crippen LogP contribution in [0.5, 0.6) is 0 Å². The molecule has 1 aromatic heterocycles. The Kier molecular flexibility index (Phi) is 7.01. The SMILES string of the molecule is CC(C)C(=O)N(Cc1ccc(F)cc1)[C@@H](C(=O)NCc1ccco1)c1ccccc1. The zero-order valence-electron chi connectivity index (χ0n) is 17.0. The van der Waals surface area contributed by atoms with E-state index in [0.717, 1.165) is 5.56 Å². The van der Waals surface area contributed by atoms with E-state index in [0.29, 0.717) is 11.3 Å². The largest absolute Gasteiger partial charge is 0.467 e. The lowest BCUT2D eigenvalue weighted by molar-refractivity contribution is -0.144. The first-order valence-corrected chi connectivity index (χ1v) is 9.85. The van der Waals surface area contributed by atoms with E-state index in [-0.39, 0.29) is 36.6 Å². The molecule has 1 N–H and O–H groups in total. The van der Waals surface area contributed by atoms with Crippen LogP contribution < -0.4 is 5.32 Å². The first-order valence-electron chi connectivity index (χ1n) is 9.85. The summed E-state index contributed by atoms with van der Waals surface area (Å²) in [6.45, 7) is 3.99. The van der Waals surface area contributed by atoms with Crippen LogP contribution in [0.25, 0.3) is 0 Å². The molecule has 2 amide bonds. The predicted molar refractivity (Wildman–Crippen MR) is 112 cm³/mol. The first kappa shape index (κ1) is 21.3. The van der Waals surface area contributed by atoms with Gasteiger partial charge in [0.25, 0.3) is 0 Å². The Labute approximate surface area is 175 Å². The molecule has 1 heterocycles. The highest BCUT2D eigenvalue weighted by molar-refractivity contribution is 5.89. The molecule has 0 bridgehead atoms. The zero-order chi connectivity index (χ0) is 21.5. The maximum absolute atomic E-state index is 13.3. The average molecular weight is 408 g/mol. The average Bonchev–Trinajstić information content (AvgIpc) is 3.27. The van der Waals surface area contributed by atoms with Gasteiger partial charge in [0.05, 0.1) is 12.8 Å². The minimum Gasteiger partial charge on any atom is -0.467 e. The Morgan fingerprint density at radius 1 is 1.00 bits per heavy atom. The van der Waals surface area contributed by atoms with Gasteiger partial charge < -0.3 is 14.6 Å². The van der Waals surface area contributed by atoms with Gasteiger partial charge in [-0.05, 0) is 35.4 Å². The fraction of sp³-hybridized carbons (Fsp3) is 0.250. The van der Waals surface area contributed by atoms with Gasteiger partial charge in [-0.1, -0.05) is 56.3 Å². The number of carbonyl (C=O) groups excluding carboxylic acids is 2. The summed E-state index contributed by atoms with van der Waals surface area (Å²) in [7, 11) is 0. The molecule has 3 rings (SSSR count). The van der Waals surface area contributed by atoms with Crippen molar-refractivity contribution in [2.24, 2.45) is 5.92 Å². The second-order valence-corrected chi connectivity index (χ2v) is 7.36. The highest BCUT2D eigenvalue weighted by atomic mass is 19.1. The first-order chi connectivity index (χ1) is 14.5. The Bertz CT molecular complexity index is 954. The lowest BCUT2D eigenvalue weighted by atomic mass is 10.0. The second kappa shape index (κ2) is 9.87. The monoisotopic (exact) mass is 408 g/mol. The molecule has 0 saturated carbocycles. The van der Waals surface area contributed by atoms with E-state index in [1.807, 2.05) is 30.3 Å². The van der Waals surface area contributed by atoms with Crippen molar-refractivity contribution in [2.75, 3.05) is 0 Å². The number of halogens is 1. The van der Waals surface area contributed by atoms with Crippen molar-refractivity contribution in [1.82, 2.24) is 10.2 Å². The van der Waals surface area contributed by atoms with E-state index in [2.05, 4.69) is 5.32 Å². The molecule has 30 heavy (non-hydrogen) atoms. The van der Waals surface area contributed by atoms with E-state index in [4.69, 9.17) is 4.42 Å². The number of amides is 2. The maximum Gasteiger partial charge on any atom is 0.247 e. The van der Waals surface area contributed by atoms with E-state index >= 15 is 0 Å². The second-order valence-electron chi connectivity index (χ2n) is 7.36. The van der Waals surface area contributed by atoms with Crippen LogP contribution in [0.2, 0.25) is 0 Å². The Morgan fingerprint density at radius 2 is 1.70 bits per heavy atom. The van der Waals surface area contributed by atoms with Gasteiger partial charge in [0.15, 0.2) is 0 Å². The predicted octanol–water partition coefficient (Wildman–Crippen LogP) is 4.46. The summed E-state index contributed by atoms with van der Waals surface area (Å²) in [5.41, 5.74) is 1.44. The molecule has 3 aromatic rings. The molecule has 156 valence electrons. The topological polar surface area (TPSA) is 62.6 Å². The maximum atomic E-state index is 13.3. The molecule has 0 aliphatic heterocycles. The van der Waals surface area contributed by atoms with Crippen molar-refractivity contribution < 1.29 is 18.4 Å². The van der Waals surface area contributed by atoms with Crippen molar-refractivity contribution in [3.63, 3.8) is 0 Å². The highest BCUT2D eigenvalue weighted by Crippen LogP contribution is 2.26. The Morgan fingerprint density at radius 3 is 2.30 bits per heavy atom. The number of hydrogen-bond acceptors (Lipinski definition) is 3. The molecule has 2 aromatic carbocycles. The number of rotatable bonds is 8. The van der Waals surface area contributed by atoms with Crippen LogP contribution in [0.1, 0.15) is 36.8 Å². The van der Waals surface area contributed by atoms with Gasteiger partial charge >= 0.3 is 0 Å². The summed E-state index contributed by atoms with van der Waals surface area (Å²) in [4.78, 5) is 27.9. The molecule has 0 aliphatic carbocycles. The number of carbonyl (C=O) groups is 2. The summed E-state index contributed by atoms with van der Waals surface area (Å²) in [5.74, 6) is -0.517. The van der Waals surface area contributed by atoms with Gasteiger partial charge in [-0.15, -0.1) is 0 Å². The van der Waals surface area contributed by atoms with Crippen molar-refractivity contribution in [2.45, 2.75) is 33.0 Å². The van der Waals surface area contributed by atoms with E-state index < -0.39 is 6.04 Å². The minimum absolute atomic E-state index is 0.165. The van der Waals surface area contributed by atoms with Crippen LogP contribution in [-0.4, -0.2) is 16.7 Å². The van der Waals surface area contributed by atoms with Crippen molar-refractivity contribution in [1.29, 1.82) is 0 Å².